The molecule has 4 nitrogen and oxygen atoms in total. The van der Waals surface area contributed by atoms with Crippen molar-refractivity contribution in [1.29, 1.82) is 5.26 Å². The molecule has 0 saturated carbocycles. The molecule has 0 aliphatic carbocycles. The van der Waals surface area contributed by atoms with Crippen molar-refractivity contribution in [1.82, 2.24) is 9.97 Å². The first-order valence-electron chi connectivity index (χ1n) is 4.18. The smallest absolute Gasteiger partial charge is 0.115 e. The van der Waals surface area contributed by atoms with Crippen molar-refractivity contribution in [2.24, 2.45) is 0 Å². The maximum absolute atomic E-state index is 8.57. The van der Waals surface area contributed by atoms with Crippen LogP contribution in [0.1, 0.15) is 17.0 Å². The minimum atomic E-state index is 0.341. The van der Waals surface area contributed by atoms with Gasteiger partial charge in [-0.25, -0.2) is 9.97 Å². The lowest BCUT2D eigenvalue weighted by Gasteiger charge is -2.16. The molecule has 2 rings (SSSR count). The molecular weight excluding hydrogens is 166 g/mol. The van der Waals surface area contributed by atoms with E-state index in [4.69, 9.17) is 10.00 Å². The van der Waals surface area contributed by atoms with Crippen LogP contribution in [0.5, 0.6) is 0 Å². The van der Waals surface area contributed by atoms with Gasteiger partial charge in [-0.05, 0) is 0 Å². The van der Waals surface area contributed by atoms with Crippen LogP contribution < -0.4 is 0 Å². The fourth-order valence-corrected chi connectivity index (χ4v) is 1.44. The van der Waals surface area contributed by atoms with Crippen LogP contribution in [0, 0.1) is 11.3 Å². The molecule has 0 aromatic carbocycles. The monoisotopic (exact) mass is 175 g/mol. The number of nitriles is 1. The van der Waals surface area contributed by atoms with Crippen molar-refractivity contribution in [3.8, 4) is 6.07 Å². The van der Waals surface area contributed by atoms with Gasteiger partial charge in [0.1, 0.15) is 6.33 Å². The molecule has 0 unspecified atom stereocenters. The van der Waals surface area contributed by atoms with Gasteiger partial charge in [0.25, 0.3) is 0 Å². The summed E-state index contributed by atoms with van der Waals surface area (Å²) in [4.78, 5) is 8.23. The number of fused-ring (bicyclic) bond motifs is 1. The van der Waals surface area contributed by atoms with E-state index < -0.39 is 0 Å². The van der Waals surface area contributed by atoms with Gasteiger partial charge in [-0.1, -0.05) is 0 Å². The van der Waals surface area contributed by atoms with Gasteiger partial charge in [0, 0.05) is 12.0 Å². The highest BCUT2D eigenvalue weighted by Gasteiger charge is 2.14. The molecule has 0 radical (unpaired) electrons. The van der Waals surface area contributed by atoms with Crippen LogP contribution in [0.4, 0.5) is 0 Å². The molecule has 0 spiro atoms. The third-order valence-corrected chi connectivity index (χ3v) is 2.10. The zero-order valence-corrected chi connectivity index (χ0v) is 7.16. The summed E-state index contributed by atoms with van der Waals surface area (Å²) in [5.74, 6) is 0. The van der Waals surface area contributed by atoms with E-state index in [9.17, 15) is 0 Å². The maximum atomic E-state index is 8.57. The van der Waals surface area contributed by atoms with Crippen molar-refractivity contribution in [3.63, 3.8) is 0 Å². The molecule has 0 bridgehead atoms. The Labute approximate surface area is 76.2 Å². The van der Waals surface area contributed by atoms with E-state index in [1.165, 1.54) is 6.33 Å². The topological polar surface area (TPSA) is 58.8 Å². The number of nitrogens with zero attached hydrogens (tertiary/aromatic N) is 3. The van der Waals surface area contributed by atoms with Crippen LogP contribution >= 0.6 is 0 Å². The van der Waals surface area contributed by atoms with Gasteiger partial charge in [-0.2, -0.15) is 5.26 Å². The van der Waals surface area contributed by atoms with E-state index in [1.807, 2.05) is 0 Å². The Hall–Kier alpha value is -1.47. The summed E-state index contributed by atoms with van der Waals surface area (Å²) in [6.45, 7) is 1.27. The summed E-state index contributed by atoms with van der Waals surface area (Å²) in [6.07, 6.45) is 2.70. The molecule has 66 valence electrons. The largest absolute Gasteiger partial charge is 0.376 e. The number of aromatic nitrogens is 2. The first kappa shape index (κ1) is 8.14. The fourth-order valence-electron chi connectivity index (χ4n) is 1.44. The van der Waals surface area contributed by atoms with Gasteiger partial charge in [0.2, 0.25) is 0 Å². The van der Waals surface area contributed by atoms with Gasteiger partial charge in [-0.3, -0.25) is 0 Å². The zero-order chi connectivity index (χ0) is 9.10. The van der Waals surface area contributed by atoms with E-state index in [0.29, 0.717) is 13.0 Å². The Kier molecular flexibility index (Phi) is 2.19. The van der Waals surface area contributed by atoms with Crippen molar-refractivity contribution < 1.29 is 4.74 Å². The first-order valence-corrected chi connectivity index (χ1v) is 4.18. The van der Waals surface area contributed by atoms with Crippen LogP contribution in [-0.2, 0) is 24.2 Å². The van der Waals surface area contributed by atoms with Crippen LogP contribution in [0.3, 0.4) is 0 Å². The van der Waals surface area contributed by atoms with Gasteiger partial charge in [0.15, 0.2) is 0 Å². The van der Waals surface area contributed by atoms with Crippen LogP contribution in [-0.4, -0.2) is 16.6 Å². The lowest BCUT2D eigenvalue weighted by Crippen LogP contribution is -2.15. The molecule has 1 aromatic heterocycles. The summed E-state index contributed by atoms with van der Waals surface area (Å²) in [5.41, 5.74) is 2.86. The third kappa shape index (κ3) is 1.51. The third-order valence-electron chi connectivity index (χ3n) is 2.10. The van der Waals surface area contributed by atoms with Crippen molar-refractivity contribution in [2.45, 2.75) is 19.4 Å². The predicted molar refractivity (Wildman–Crippen MR) is 44.7 cm³/mol. The van der Waals surface area contributed by atoms with E-state index in [1.54, 1.807) is 0 Å². The van der Waals surface area contributed by atoms with Crippen molar-refractivity contribution in [2.75, 3.05) is 6.61 Å². The molecule has 1 aliphatic heterocycles. The van der Waals surface area contributed by atoms with Crippen LogP contribution in [0.25, 0.3) is 0 Å². The molecule has 0 amide bonds. The van der Waals surface area contributed by atoms with Crippen molar-refractivity contribution in [3.05, 3.63) is 23.3 Å². The summed E-state index contributed by atoms with van der Waals surface area (Å²) in [5, 5.41) is 8.57. The molecule has 0 saturated heterocycles. The summed E-state index contributed by atoms with van der Waals surface area (Å²) in [6, 6.07) is 2.09. The molecule has 1 aliphatic rings. The minimum absolute atomic E-state index is 0.341. The normalized spacial score (nSPS) is 14.7. The molecule has 13 heavy (non-hydrogen) atoms. The Morgan fingerprint density at radius 2 is 2.46 bits per heavy atom. The SMILES string of the molecule is N#CCc1ncnc2c1COCC2. The second kappa shape index (κ2) is 3.50. The Morgan fingerprint density at radius 1 is 1.54 bits per heavy atom. The van der Waals surface area contributed by atoms with Gasteiger partial charge >= 0.3 is 0 Å². The lowest BCUT2D eigenvalue weighted by molar-refractivity contribution is 0.108. The average Bonchev–Trinajstić information content (AvgIpc) is 2.19. The highest BCUT2D eigenvalue weighted by molar-refractivity contribution is 5.27. The van der Waals surface area contributed by atoms with E-state index >= 15 is 0 Å². The lowest BCUT2D eigenvalue weighted by atomic mass is 10.1. The number of hydrogen-bond donors (Lipinski definition) is 0. The highest BCUT2D eigenvalue weighted by atomic mass is 16.5. The highest BCUT2D eigenvalue weighted by Crippen LogP contribution is 2.16. The molecule has 4 heteroatoms. The van der Waals surface area contributed by atoms with E-state index in [2.05, 4.69) is 16.0 Å². The quantitative estimate of drug-likeness (QED) is 0.627. The molecular formula is C9H9N3O. The minimum Gasteiger partial charge on any atom is -0.376 e. The summed E-state index contributed by atoms with van der Waals surface area (Å²) >= 11 is 0. The second-order valence-corrected chi connectivity index (χ2v) is 2.88. The van der Waals surface area contributed by atoms with E-state index in [0.717, 1.165) is 30.0 Å². The molecule has 0 fully saturated rings. The summed E-state index contributed by atoms with van der Waals surface area (Å²) in [7, 11) is 0. The van der Waals surface area contributed by atoms with Crippen LogP contribution in [0.15, 0.2) is 6.33 Å². The standard InChI is InChI=1S/C9H9N3O/c10-3-1-8-7-5-13-4-2-9(7)12-6-11-8/h6H,1-2,4-5H2. The average molecular weight is 175 g/mol. The second-order valence-electron chi connectivity index (χ2n) is 2.88. The fraction of sp³-hybridized carbons (Fsp3) is 0.444. The van der Waals surface area contributed by atoms with Crippen LogP contribution in [0.2, 0.25) is 0 Å². The van der Waals surface area contributed by atoms with Gasteiger partial charge in [-0.15, -0.1) is 0 Å². The zero-order valence-electron chi connectivity index (χ0n) is 7.16. The Morgan fingerprint density at radius 3 is 3.31 bits per heavy atom. The molecule has 0 N–H and O–H groups in total. The number of rotatable bonds is 1. The molecule has 0 atom stereocenters. The molecule has 1 aromatic rings. The Balaban J connectivity index is 2.41. The maximum Gasteiger partial charge on any atom is 0.115 e. The number of hydrogen-bond acceptors (Lipinski definition) is 4. The van der Waals surface area contributed by atoms with E-state index in [-0.39, 0.29) is 0 Å². The Bertz CT molecular complexity index is 356. The number of ether oxygens (including phenoxy) is 1. The molecule has 2 heterocycles. The van der Waals surface area contributed by atoms with Crippen molar-refractivity contribution >= 4 is 0 Å². The first-order chi connectivity index (χ1) is 6.42. The summed E-state index contributed by atoms with van der Waals surface area (Å²) < 4.78 is 5.29. The van der Waals surface area contributed by atoms with Gasteiger partial charge in [0.05, 0.1) is 37.1 Å². The van der Waals surface area contributed by atoms with Gasteiger partial charge < -0.3 is 4.74 Å². The predicted octanol–water partition coefficient (Wildman–Crippen LogP) is 0.615.